The zero-order valence-electron chi connectivity index (χ0n) is 22.3. The quantitative estimate of drug-likeness (QED) is 0.249. The van der Waals surface area contributed by atoms with E-state index < -0.39 is 17.2 Å². The van der Waals surface area contributed by atoms with E-state index in [9.17, 15) is 19.8 Å². The Morgan fingerprint density at radius 2 is 1.43 bits per heavy atom. The van der Waals surface area contributed by atoms with Crippen LogP contribution >= 0.6 is 0 Å². The van der Waals surface area contributed by atoms with Crippen LogP contribution in [0.4, 0.5) is 17.1 Å². The van der Waals surface area contributed by atoms with E-state index >= 15 is 0 Å². The minimum Gasteiger partial charge on any atom is -0.396 e. The Hall–Kier alpha value is -4.27. The Morgan fingerprint density at radius 3 is 2.12 bits per heavy atom. The van der Waals surface area contributed by atoms with Gasteiger partial charge in [-0.1, -0.05) is 48.5 Å². The maximum Gasteiger partial charge on any atom is 0.182 e. The molecule has 4 aromatic rings. The van der Waals surface area contributed by atoms with Gasteiger partial charge in [-0.3, -0.25) is 14.6 Å². The van der Waals surface area contributed by atoms with Gasteiger partial charge in [-0.15, -0.1) is 0 Å². The molecule has 0 amide bonds. The number of nitrogens with one attached hydrogen (secondary N) is 3. The lowest BCUT2D eigenvalue weighted by Gasteiger charge is -2.40. The number of hydrogen-bond donors (Lipinski definition) is 5. The lowest BCUT2D eigenvalue weighted by molar-refractivity contribution is -0.129. The predicted octanol–water partition coefficient (Wildman–Crippen LogP) is 3.16. The molecule has 2 aliphatic heterocycles. The molecule has 5 N–H and O–H groups in total. The number of benzene rings is 4. The van der Waals surface area contributed by atoms with Crippen LogP contribution in [-0.2, 0) is 9.59 Å². The van der Waals surface area contributed by atoms with Gasteiger partial charge in [0.1, 0.15) is 17.2 Å². The number of Topliss-reactive ketones (excluding diaryl/α,β-unsaturated/α-hetero) is 2. The van der Waals surface area contributed by atoms with Crippen LogP contribution in [0.2, 0.25) is 0 Å². The van der Waals surface area contributed by atoms with E-state index in [1.54, 1.807) is 0 Å². The molecule has 0 spiro atoms. The largest absolute Gasteiger partial charge is 0.396 e. The van der Waals surface area contributed by atoms with Crippen molar-refractivity contribution in [2.45, 2.75) is 43.9 Å². The van der Waals surface area contributed by atoms with Crippen molar-refractivity contribution in [2.75, 3.05) is 29.2 Å². The van der Waals surface area contributed by atoms with Crippen LogP contribution in [-0.4, -0.2) is 46.3 Å². The summed E-state index contributed by atoms with van der Waals surface area (Å²) in [6.45, 7) is 3.78. The number of anilines is 3. The highest BCUT2D eigenvalue weighted by molar-refractivity contribution is 6.59. The minimum atomic E-state index is -0.921. The van der Waals surface area contributed by atoms with Gasteiger partial charge in [0.25, 0.3) is 0 Å². The number of carbonyl (C=O) groups is 2. The van der Waals surface area contributed by atoms with Gasteiger partial charge in [-0.25, -0.2) is 0 Å². The summed E-state index contributed by atoms with van der Waals surface area (Å²) in [7, 11) is 0. The third-order valence-corrected chi connectivity index (χ3v) is 8.48. The summed E-state index contributed by atoms with van der Waals surface area (Å²) in [5, 5.41) is 34.7. The third kappa shape index (κ3) is 3.49. The van der Waals surface area contributed by atoms with Gasteiger partial charge < -0.3 is 26.2 Å². The van der Waals surface area contributed by atoms with E-state index in [0.29, 0.717) is 29.0 Å². The minimum absolute atomic E-state index is 0.0243. The molecule has 2 heterocycles. The summed E-state index contributed by atoms with van der Waals surface area (Å²) in [4.78, 5) is 32.8. The standard InChI is InChI=1S/C32H30N4O4/c1-31(13-15-37)33-21-7-3-5-17-9-11-19(27(35-31)23(17)21)25-29(39)26(30(25)40)20-12-10-18-6-4-8-22-24(18)28(20)36-32(2,34-22)14-16-38/h3-12,25,33-35,37-38H,13-16H2,1-2H3. The molecule has 1 aliphatic carbocycles. The van der Waals surface area contributed by atoms with Crippen LogP contribution < -0.4 is 26.5 Å². The smallest absolute Gasteiger partial charge is 0.182 e. The molecule has 2 unspecified atom stereocenters. The van der Waals surface area contributed by atoms with Crippen LogP contribution in [0, 0.1) is 0 Å². The Morgan fingerprint density at radius 1 is 0.775 bits per heavy atom. The summed E-state index contributed by atoms with van der Waals surface area (Å²) >= 11 is 0. The Bertz CT molecular complexity index is 1880. The highest BCUT2D eigenvalue weighted by atomic mass is 16.3. The van der Waals surface area contributed by atoms with Gasteiger partial charge in [0.15, 0.2) is 11.6 Å². The molecule has 40 heavy (non-hydrogen) atoms. The molecule has 0 aromatic heterocycles. The average Bonchev–Trinajstić information content (AvgIpc) is 2.91. The summed E-state index contributed by atoms with van der Waals surface area (Å²) in [6.07, 6.45) is 0.818. The van der Waals surface area contributed by atoms with Crippen molar-refractivity contribution in [3.63, 3.8) is 0 Å². The molecule has 0 saturated heterocycles. The van der Waals surface area contributed by atoms with Gasteiger partial charge in [0, 0.05) is 53.4 Å². The molecular formula is C32H30N4O4. The first-order chi connectivity index (χ1) is 19.3. The van der Waals surface area contributed by atoms with Gasteiger partial charge in [-0.2, -0.15) is 0 Å². The number of aliphatic hydroxyl groups is 2. The predicted molar refractivity (Wildman–Crippen MR) is 156 cm³/mol. The molecule has 3 aliphatic rings. The fourth-order valence-electron chi connectivity index (χ4n) is 6.51. The number of ketones is 2. The van der Waals surface area contributed by atoms with E-state index in [0.717, 1.165) is 38.6 Å². The molecule has 2 atom stereocenters. The summed E-state index contributed by atoms with van der Waals surface area (Å²) in [6, 6.07) is 19.4. The number of rotatable bonds is 5. The van der Waals surface area contributed by atoms with Gasteiger partial charge in [-0.05, 0) is 42.3 Å². The fraction of sp³-hybridized carbons (Fsp3) is 0.281. The first-order valence-electron chi connectivity index (χ1n) is 13.6. The monoisotopic (exact) mass is 534 g/mol. The first-order valence-corrected chi connectivity index (χ1v) is 13.6. The highest BCUT2D eigenvalue weighted by Gasteiger charge is 2.48. The summed E-state index contributed by atoms with van der Waals surface area (Å²) in [5.74, 6) is -1.38. The Labute approximate surface area is 230 Å². The third-order valence-electron chi connectivity index (χ3n) is 8.48. The van der Waals surface area contributed by atoms with E-state index in [1.807, 2.05) is 74.5 Å². The van der Waals surface area contributed by atoms with Crippen molar-refractivity contribution in [3.05, 3.63) is 76.8 Å². The topological polar surface area (TPSA) is 123 Å². The number of aliphatic hydroxyl groups excluding tert-OH is 2. The van der Waals surface area contributed by atoms with Crippen molar-refractivity contribution < 1.29 is 19.8 Å². The van der Waals surface area contributed by atoms with Crippen molar-refractivity contribution in [1.82, 2.24) is 0 Å². The fourth-order valence-corrected chi connectivity index (χ4v) is 6.51. The van der Waals surface area contributed by atoms with Crippen LogP contribution in [0.1, 0.15) is 38.2 Å². The molecule has 4 aromatic carbocycles. The SMILES string of the molecule is CC1(CCO)N=c2c(=C3C(=O)C(c4ccc5cccc6c5c4NC(C)(CCO)N6)C3=O)ccc3cccc(c23)N1. The lowest BCUT2D eigenvalue weighted by Crippen LogP contribution is -2.49. The molecule has 8 nitrogen and oxygen atoms in total. The van der Waals surface area contributed by atoms with E-state index in [1.165, 1.54) is 0 Å². The van der Waals surface area contributed by atoms with Crippen molar-refractivity contribution in [2.24, 2.45) is 4.99 Å². The maximum atomic E-state index is 13.9. The summed E-state index contributed by atoms with van der Waals surface area (Å²) < 4.78 is 0. The van der Waals surface area contributed by atoms with Crippen molar-refractivity contribution in [1.29, 1.82) is 0 Å². The molecule has 1 saturated carbocycles. The molecule has 202 valence electrons. The molecule has 7 rings (SSSR count). The van der Waals surface area contributed by atoms with E-state index in [4.69, 9.17) is 4.99 Å². The van der Waals surface area contributed by atoms with E-state index in [2.05, 4.69) is 16.0 Å². The Balaban J connectivity index is 1.41. The maximum absolute atomic E-state index is 13.9. The number of nitrogens with zero attached hydrogens (tertiary/aromatic N) is 1. The van der Waals surface area contributed by atoms with Gasteiger partial charge in [0.05, 0.1) is 16.6 Å². The summed E-state index contributed by atoms with van der Waals surface area (Å²) in [5.41, 5.74) is 1.91. The highest BCUT2D eigenvalue weighted by Crippen LogP contribution is 2.46. The average molecular weight is 535 g/mol. The molecular weight excluding hydrogens is 504 g/mol. The van der Waals surface area contributed by atoms with Crippen LogP contribution in [0.15, 0.2) is 65.7 Å². The van der Waals surface area contributed by atoms with Crippen LogP contribution in [0.5, 0.6) is 0 Å². The zero-order chi connectivity index (χ0) is 27.8. The van der Waals surface area contributed by atoms with Gasteiger partial charge >= 0.3 is 0 Å². The lowest BCUT2D eigenvalue weighted by atomic mass is 9.70. The van der Waals surface area contributed by atoms with E-state index in [-0.39, 0.29) is 30.4 Å². The molecule has 8 heteroatoms. The van der Waals surface area contributed by atoms with Crippen molar-refractivity contribution >= 4 is 55.7 Å². The normalized spacial score (nSPS) is 24.7. The molecule has 1 fully saturated rings. The zero-order valence-corrected chi connectivity index (χ0v) is 22.3. The second-order valence-electron chi connectivity index (χ2n) is 11.4. The van der Waals surface area contributed by atoms with Gasteiger partial charge in [0.2, 0.25) is 0 Å². The Kier molecular flexibility index (Phi) is 5.33. The number of hydrogen-bond acceptors (Lipinski definition) is 8. The van der Waals surface area contributed by atoms with Crippen LogP contribution in [0.3, 0.4) is 0 Å². The van der Waals surface area contributed by atoms with Crippen molar-refractivity contribution in [3.8, 4) is 0 Å². The number of carbonyl (C=O) groups excluding carboxylic acids is 2. The first kappa shape index (κ1) is 24.7. The molecule has 0 radical (unpaired) electrons. The second-order valence-corrected chi connectivity index (χ2v) is 11.4. The molecule has 0 bridgehead atoms. The van der Waals surface area contributed by atoms with Crippen LogP contribution in [0.25, 0.3) is 27.1 Å². The second kappa shape index (κ2) is 8.61.